The summed E-state index contributed by atoms with van der Waals surface area (Å²) >= 11 is 3.15. The van der Waals surface area contributed by atoms with Crippen molar-refractivity contribution in [2.75, 3.05) is 4.72 Å². The number of nitrogens with one attached hydrogen (secondary N) is 1. The number of Topliss-reactive ketones (excluding diaryl/α,β-unsaturated/α-hetero) is 1. The van der Waals surface area contributed by atoms with Crippen molar-refractivity contribution in [2.45, 2.75) is 11.8 Å². The van der Waals surface area contributed by atoms with Crippen molar-refractivity contribution in [1.29, 1.82) is 0 Å². The molecule has 2 rings (SSSR count). The van der Waals surface area contributed by atoms with Crippen molar-refractivity contribution in [2.24, 2.45) is 0 Å². The predicted molar refractivity (Wildman–Crippen MR) is 81.4 cm³/mol. The monoisotopic (exact) mass is 371 g/mol. The second-order valence-corrected chi connectivity index (χ2v) is 6.85. The van der Waals surface area contributed by atoms with Crippen LogP contribution in [0.15, 0.2) is 51.8 Å². The van der Waals surface area contributed by atoms with Gasteiger partial charge in [-0.15, -0.1) is 0 Å². The molecule has 0 fully saturated rings. The van der Waals surface area contributed by atoms with E-state index in [0.29, 0.717) is 4.47 Å². The normalized spacial score (nSPS) is 11.2. The molecule has 0 saturated heterocycles. The van der Waals surface area contributed by atoms with Crippen molar-refractivity contribution in [3.05, 3.63) is 58.3 Å². The van der Waals surface area contributed by atoms with Crippen LogP contribution in [0.3, 0.4) is 0 Å². The molecule has 7 heteroatoms. The Hall–Kier alpha value is -1.73. The van der Waals surface area contributed by atoms with Gasteiger partial charge in [0, 0.05) is 10.0 Å². The summed E-state index contributed by atoms with van der Waals surface area (Å²) in [5, 5.41) is 0. The van der Waals surface area contributed by atoms with Crippen LogP contribution >= 0.6 is 15.9 Å². The molecule has 0 spiro atoms. The third-order valence-corrected chi connectivity index (χ3v) is 4.78. The minimum Gasteiger partial charge on any atom is -0.295 e. The number of hydrogen-bond donors (Lipinski definition) is 1. The van der Waals surface area contributed by atoms with Gasteiger partial charge in [0.1, 0.15) is 5.82 Å². The summed E-state index contributed by atoms with van der Waals surface area (Å²) in [6, 6.07) is 9.32. The van der Waals surface area contributed by atoms with Gasteiger partial charge >= 0.3 is 0 Å². The van der Waals surface area contributed by atoms with Crippen molar-refractivity contribution >= 4 is 37.4 Å². The summed E-state index contributed by atoms with van der Waals surface area (Å²) < 4.78 is 40.4. The summed E-state index contributed by atoms with van der Waals surface area (Å²) in [6.45, 7) is 1.35. The van der Waals surface area contributed by atoms with Gasteiger partial charge in [-0.1, -0.05) is 12.1 Å². The molecule has 0 atom stereocenters. The standard InChI is InChI=1S/C14H11BrFNO3S/c1-9(18)10-3-2-4-12(7-10)21(19,20)17-14-8-11(16)5-6-13(14)15/h2-8,17H,1H3. The first-order valence-electron chi connectivity index (χ1n) is 5.88. The van der Waals surface area contributed by atoms with E-state index in [1.54, 1.807) is 0 Å². The van der Waals surface area contributed by atoms with E-state index < -0.39 is 15.8 Å². The minimum absolute atomic E-state index is 0.0636. The third-order valence-electron chi connectivity index (χ3n) is 2.72. The smallest absolute Gasteiger partial charge is 0.261 e. The molecule has 4 nitrogen and oxygen atoms in total. The molecule has 0 aliphatic heterocycles. The largest absolute Gasteiger partial charge is 0.295 e. The van der Waals surface area contributed by atoms with Gasteiger partial charge < -0.3 is 0 Å². The fourth-order valence-corrected chi connectivity index (χ4v) is 3.25. The van der Waals surface area contributed by atoms with Crippen LogP contribution in [0.2, 0.25) is 0 Å². The number of ketones is 1. The Morgan fingerprint density at radius 3 is 2.57 bits per heavy atom. The number of benzene rings is 2. The Morgan fingerprint density at radius 2 is 1.90 bits per heavy atom. The second-order valence-electron chi connectivity index (χ2n) is 4.31. The van der Waals surface area contributed by atoms with Crippen LogP contribution in [-0.2, 0) is 10.0 Å². The van der Waals surface area contributed by atoms with E-state index in [0.717, 1.165) is 6.07 Å². The van der Waals surface area contributed by atoms with Crippen LogP contribution < -0.4 is 4.72 Å². The number of anilines is 1. The molecular formula is C14H11BrFNO3S. The SMILES string of the molecule is CC(=O)c1cccc(S(=O)(=O)Nc2cc(F)ccc2Br)c1. The van der Waals surface area contributed by atoms with E-state index in [4.69, 9.17) is 0 Å². The van der Waals surface area contributed by atoms with Crippen LogP contribution in [0.25, 0.3) is 0 Å². The van der Waals surface area contributed by atoms with Gasteiger partial charge in [0.25, 0.3) is 10.0 Å². The number of rotatable bonds is 4. The van der Waals surface area contributed by atoms with E-state index in [2.05, 4.69) is 20.7 Å². The van der Waals surface area contributed by atoms with E-state index in [-0.39, 0.29) is 21.9 Å². The summed E-state index contributed by atoms with van der Waals surface area (Å²) in [7, 11) is -3.91. The molecule has 110 valence electrons. The fraction of sp³-hybridized carbons (Fsp3) is 0.0714. The fourth-order valence-electron chi connectivity index (χ4n) is 1.66. The van der Waals surface area contributed by atoms with Gasteiger partial charge in [0.15, 0.2) is 5.78 Å². The molecule has 2 aromatic carbocycles. The van der Waals surface area contributed by atoms with Crippen molar-refractivity contribution < 1.29 is 17.6 Å². The highest BCUT2D eigenvalue weighted by molar-refractivity contribution is 9.10. The minimum atomic E-state index is -3.91. The van der Waals surface area contributed by atoms with Gasteiger partial charge in [0.05, 0.1) is 10.6 Å². The average Bonchev–Trinajstić information content (AvgIpc) is 2.43. The van der Waals surface area contributed by atoms with E-state index >= 15 is 0 Å². The number of hydrogen-bond acceptors (Lipinski definition) is 3. The van der Waals surface area contributed by atoms with Crippen LogP contribution in [0.1, 0.15) is 17.3 Å². The molecule has 0 unspecified atom stereocenters. The van der Waals surface area contributed by atoms with Gasteiger partial charge in [-0.05, 0) is 53.2 Å². The summed E-state index contributed by atoms with van der Waals surface area (Å²) in [5.41, 5.74) is 0.374. The zero-order chi connectivity index (χ0) is 15.6. The third kappa shape index (κ3) is 3.68. The van der Waals surface area contributed by atoms with Gasteiger partial charge in [0.2, 0.25) is 0 Å². The number of carbonyl (C=O) groups excluding carboxylic acids is 1. The maximum Gasteiger partial charge on any atom is 0.261 e. The lowest BCUT2D eigenvalue weighted by Gasteiger charge is -2.10. The Kier molecular flexibility index (Phi) is 4.43. The highest BCUT2D eigenvalue weighted by Gasteiger charge is 2.17. The maximum atomic E-state index is 13.2. The summed E-state index contributed by atoms with van der Waals surface area (Å²) in [6.07, 6.45) is 0. The van der Waals surface area contributed by atoms with Crippen LogP contribution in [0.4, 0.5) is 10.1 Å². The molecule has 0 radical (unpaired) electrons. The molecule has 0 heterocycles. The quantitative estimate of drug-likeness (QED) is 0.835. The first-order valence-corrected chi connectivity index (χ1v) is 8.16. The molecule has 0 aliphatic carbocycles. The average molecular weight is 372 g/mol. The number of carbonyl (C=O) groups is 1. The highest BCUT2D eigenvalue weighted by Crippen LogP contribution is 2.26. The number of sulfonamides is 1. The molecular weight excluding hydrogens is 361 g/mol. The lowest BCUT2D eigenvalue weighted by molar-refractivity contribution is 0.101. The molecule has 0 aliphatic rings. The van der Waals surface area contributed by atoms with Gasteiger partial charge in [-0.2, -0.15) is 0 Å². The molecule has 0 amide bonds. The summed E-state index contributed by atoms with van der Waals surface area (Å²) in [5.74, 6) is -0.799. The lowest BCUT2D eigenvalue weighted by atomic mass is 10.2. The Bertz CT molecular complexity index is 806. The Balaban J connectivity index is 2.41. The molecule has 0 saturated carbocycles. The van der Waals surface area contributed by atoms with Crippen molar-refractivity contribution in [3.8, 4) is 0 Å². The van der Waals surface area contributed by atoms with Gasteiger partial charge in [-0.3, -0.25) is 9.52 Å². The zero-order valence-corrected chi connectivity index (χ0v) is 13.3. The maximum absolute atomic E-state index is 13.2. The summed E-state index contributed by atoms with van der Waals surface area (Å²) in [4.78, 5) is 11.2. The van der Waals surface area contributed by atoms with Crippen LogP contribution in [-0.4, -0.2) is 14.2 Å². The molecule has 0 aromatic heterocycles. The molecule has 2 aromatic rings. The topological polar surface area (TPSA) is 63.2 Å². The van der Waals surface area contributed by atoms with Crippen LogP contribution in [0.5, 0.6) is 0 Å². The molecule has 0 bridgehead atoms. The Morgan fingerprint density at radius 1 is 1.19 bits per heavy atom. The second kappa shape index (κ2) is 5.95. The first kappa shape index (κ1) is 15.7. The van der Waals surface area contributed by atoms with Crippen molar-refractivity contribution in [1.82, 2.24) is 0 Å². The Labute approximate surface area is 130 Å². The number of halogens is 2. The van der Waals surface area contributed by atoms with E-state index in [1.807, 2.05) is 0 Å². The zero-order valence-electron chi connectivity index (χ0n) is 10.9. The predicted octanol–water partition coefficient (Wildman–Crippen LogP) is 3.59. The first-order chi connectivity index (χ1) is 9.79. The van der Waals surface area contributed by atoms with Crippen molar-refractivity contribution in [3.63, 3.8) is 0 Å². The highest BCUT2D eigenvalue weighted by atomic mass is 79.9. The van der Waals surface area contributed by atoms with Gasteiger partial charge in [-0.25, -0.2) is 12.8 Å². The van der Waals surface area contributed by atoms with E-state index in [9.17, 15) is 17.6 Å². The van der Waals surface area contributed by atoms with Crippen LogP contribution in [0, 0.1) is 5.82 Å². The molecule has 21 heavy (non-hydrogen) atoms. The van der Waals surface area contributed by atoms with E-state index in [1.165, 1.54) is 43.3 Å². The molecule has 1 N–H and O–H groups in total. The lowest BCUT2D eigenvalue weighted by Crippen LogP contribution is -2.14.